The van der Waals surface area contributed by atoms with Gasteiger partial charge in [0.1, 0.15) is 13.1 Å². The van der Waals surface area contributed by atoms with E-state index in [1.807, 2.05) is 42.7 Å². The van der Waals surface area contributed by atoms with Crippen LogP contribution in [0.1, 0.15) is 11.3 Å². The molecule has 1 N–H and O–H groups in total. The number of nitrogens with zero attached hydrogens (tertiary/aromatic N) is 5. The third-order valence-corrected chi connectivity index (χ3v) is 5.94. The van der Waals surface area contributed by atoms with Gasteiger partial charge in [0.15, 0.2) is 0 Å². The number of aromatic nitrogens is 5. The molecule has 0 fully saturated rings. The summed E-state index contributed by atoms with van der Waals surface area (Å²) in [5.74, 6) is -0.909. The van der Waals surface area contributed by atoms with Gasteiger partial charge < -0.3 is 5.32 Å². The first-order chi connectivity index (χ1) is 17.1. The molecule has 5 aromatic rings. The summed E-state index contributed by atoms with van der Waals surface area (Å²) in [5, 5.41) is 6.17. The minimum absolute atomic E-state index is 0.438. The lowest BCUT2D eigenvalue weighted by Crippen LogP contribution is -2.38. The van der Waals surface area contributed by atoms with Gasteiger partial charge in [-0.15, -0.1) is 0 Å². The van der Waals surface area contributed by atoms with E-state index in [-0.39, 0.29) is 0 Å². The van der Waals surface area contributed by atoms with Crippen LogP contribution in [0.25, 0.3) is 33.5 Å². The first-order valence-corrected chi connectivity index (χ1v) is 11.1. The highest BCUT2D eigenvalue weighted by Crippen LogP contribution is 2.27. The number of carbonyl (C=O) groups excluding carboxylic acids is 1. The van der Waals surface area contributed by atoms with Gasteiger partial charge >= 0.3 is 11.9 Å². The summed E-state index contributed by atoms with van der Waals surface area (Å²) in [4.78, 5) is 30.5. The van der Waals surface area contributed by atoms with Crippen LogP contribution in [-0.2, 0) is 11.3 Å². The van der Waals surface area contributed by atoms with Crippen molar-refractivity contribution in [2.24, 2.45) is 0 Å². The van der Waals surface area contributed by atoms with Crippen molar-refractivity contribution < 1.29 is 18.0 Å². The number of amides is 1. The van der Waals surface area contributed by atoms with Crippen molar-refractivity contribution in [3.05, 3.63) is 82.7 Å². The fourth-order valence-corrected chi connectivity index (χ4v) is 4.32. The number of nitrogens with one attached hydrogen (secondary N) is 1. The van der Waals surface area contributed by atoms with E-state index in [9.17, 15) is 22.8 Å². The molecular weight excluding hydrogens is 473 g/mol. The van der Waals surface area contributed by atoms with E-state index in [1.165, 1.54) is 9.13 Å². The van der Waals surface area contributed by atoms with Crippen molar-refractivity contribution in [2.45, 2.75) is 26.6 Å². The molecule has 0 radical (unpaired) electrons. The van der Waals surface area contributed by atoms with Crippen LogP contribution in [0.15, 0.2) is 65.7 Å². The van der Waals surface area contributed by atoms with E-state index in [0.29, 0.717) is 28.1 Å². The van der Waals surface area contributed by atoms with Crippen LogP contribution in [0.4, 0.5) is 13.2 Å². The lowest BCUT2D eigenvalue weighted by Gasteiger charge is -2.10. The number of aryl methyl sites for hydroxylation is 2. The summed E-state index contributed by atoms with van der Waals surface area (Å²) in [7, 11) is 0. The minimum atomic E-state index is -4.54. The number of carbonyl (C=O) groups is 1. The van der Waals surface area contributed by atoms with Gasteiger partial charge in [-0.1, -0.05) is 18.2 Å². The smallest absolute Gasteiger partial charge is 0.345 e. The molecule has 0 bridgehead atoms. The number of para-hydroxylation sites is 1. The van der Waals surface area contributed by atoms with Crippen molar-refractivity contribution >= 4 is 22.5 Å². The van der Waals surface area contributed by atoms with Crippen LogP contribution in [0.3, 0.4) is 0 Å². The standard InChI is InChI=1S/C25H21F3N6O2/c1-15-6-5-8-21-23(15)34(24(36)32(21)13-22(35)29-14-25(26,27)28)19-10-9-18(31-16(19)2)17-12-30-33-11-4-3-7-20(17)33/h3-12H,13-14H2,1-2H3,(H,29,35). The summed E-state index contributed by atoms with van der Waals surface area (Å²) in [6.45, 7) is 1.58. The summed E-state index contributed by atoms with van der Waals surface area (Å²) in [6.07, 6.45) is -0.989. The molecule has 0 saturated heterocycles. The van der Waals surface area contributed by atoms with Crippen LogP contribution >= 0.6 is 0 Å². The van der Waals surface area contributed by atoms with E-state index in [1.54, 1.807) is 41.9 Å². The molecule has 11 heteroatoms. The highest BCUT2D eigenvalue weighted by atomic mass is 19.4. The first kappa shape index (κ1) is 23.3. The highest BCUT2D eigenvalue weighted by molar-refractivity contribution is 5.85. The van der Waals surface area contributed by atoms with Crippen LogP contribution in [-0.4, -0.2) is 42.4 Å². The van der Waals surface area contributed by atoms with Crippen LogP contribution in [0.2, 0.25) is 0 Å². The Bertz CT molecular complexity index is 1680. The fourth-order valence-electron chi connectivity index (χ4n) is 4.32. The Morgan fingerprint density at radius 2 is 1.81 bits per heavy atom. The van der Waals surface area contributed by atoms with Gasteiger partial charge in [0.25, 0.3) is 0 Å². The Morgan fingerprint density at radius 3 is 2.56 bits per heavy atom. The number of hydrogen-bond donors (Lipinski definition) is 1. The van der Waals surface area contributed by atoms with Gasteiger partial charge in [-0.05, 0) is 49.7 Å². The molecule has 5 rings (SSSR count). The predicted octanol–water partition coefficient (Wildman–Crippen LogP) is 3.80. The molecule has 0 aliphatic carbocycles. The molecule has 0 unspecified atom stereocenters. The van der Waals surface area contributed by atoms with Gasteiger partial charge in [-0.25, -0.2) is 9.31 Å². The van der Waals surface area contributed by atoms with Crippen molar-refractivity contribution in [3.8, 4) is 16.9 Å². The monoisotopic (exact) mass is 494 g/mol. The predicted molar refractivity (Wildman–Crippen MR) is 128 cm³/mol. The normalized spacial score (nSPS) is 11.9. The third kappa shape index (κ3) is 4.12. The van der Waals surface area contributed by atoms with E-state index >= 15 is 0 Å². The number of alkyl halides is 3. The second-order valence-corrected chi connectivity index (χ2v) is 8.43. The number of benzene rings is 1. The molecule has 0 aliphatic heterocycles. The molecule has 36 heavy (non-hydrogen) atoms. The Balaban J connectivity index is 1.59. The zero-order valence-electron chi connectivity index (χ0n) is 19.4. The van der Waals surface area contributed by atoms with Gasteiger partial charge in [-0.2, -0.15) is 18.3 Å². The number of fused-ring (bicyclic) bond motifs is 2. The SMILES string of the molecule is Cc1nc(-c2cnn3ccccc23)ccc1-n1c(=O)n(CC(=O)NCC(F)(F)F)c2cccc(C)c21. The number of pyridine rings is 2. The molecule has 0 atom stereocenters. The fraction of sp³-hybridized carbons (Fsp3) is 0.200. The van der Waals surface area contributed by atoms with Gasteiger partial charge in [0, 0.05) is 11.8 Å². The lowest BCUT2D eigenvalue weighted by atomic mass is 10.1. The van der Waals surface area contributed by atoms with Crippen molar-refractivity contribution in [2.75, 3.05) is 6.54 Å². The minimum Gasteiger partial charge on any atom is -0.345 e. The van der Waals surface area contributed by atoms with Gasteiger partial charge in [0.2, 0.25) is 5.91 Å². The molecule has 184 valence electrons. The molecule has 8 nitrogen and oxygen atoms in total. The van der Waals surface area contributed by atoms with E-state index in [0.717, 1.165) is 16.6 Å². The number of imidazole rings is 1. The number of halogens is 3. The second kappa shape index (κ2) is 8.67. The Hall–Kier alpha value is -4.41. The molecule has 4 heterocycles. The quantitative estimate of drug-likeness (QED) is 0.403. The summed E-state index contributed by atoms with van der Waals surface area (Å²) in [6, 6.07) is 14.5. The van der Waals surface area contributed by atoms with E-state index < -0.39 is 30.9 Å². The zero-order valence-corrected chi connectivity index (χ0v) is 19.4. The second-order valence-electron chi connectivity index (χ2n) is 8.43. The average Bonchev–Trinajstić information content (AvgIpc) is 3.38. The number of rotatable bonds is 5. The van der Waals surface area contributed by atoms with Crippen LogP contribution in [0.5, 0.6) is 0 Å². The molecule has 4 aromatic heterocycles. The van der Waals surface area contributed by atoms with Crippen molar-refractivity contribution in [3.63, 3.8) is 0 Å². The molecule has 1 amide bonds. The average molecular weight is 494 g/mol. The summed E-state index contributed by atoms with van der Waals surface area (Å²) < 4.78 is 42.0. The Morgan fingerprint density at radius 1 is 1.03 bits per heavy atom. The van der Waals surface area contributed by atoms with Crippen molar-refractivity contribution in [1.29, 1.82) is 0 Å². The van der Waals surface area contributed by atoms with E-state index in [2.05, 4.69) is 5.10 Å². The maximum atomic E-state index is 13.5. The zero-order chi connectivity index (χ0) is 25.6. The maximum Gasteiger partial charge on any atom is 0.405 e. The van der Waals surface area contributed by atoms with E-state index in [4.69, 9.17) is 4.98 Å². The summed E-state index contributed by atoms with van der Waals surface area (Å²) >= 11 is 0. The van der Waals surface area contributed by atoms with Crippen LogP contribution < -0.4 is 11.0 Å². The number of hydrogen-bond acceptors (Lipinski definition) is 4. The molecule has 0 aliphatic rings. The summed E-state index contributed by atoms with van der Waals surface area (Å²) in [5.41, 5.74) is 4.68. The lowest BCUT2D eigenvalue weighted by molar-refractivity contribution is -0.138. The first-order valence-electron chi connectivity index (χ1n) is 11.1. The Kier molecular flexibility index (Phi) is 5.62. The maximum absolute atomic E-state index is 13.5. The van der Waals surface area contributed by atoms with Gasteiger partial charge in [0.05, 0.1) is 39.8 Å². The van der Waals surface area contributed by atoms with Crippen molar-refractivity contribution in [1.82, 2.24) is 29.0 Å². The molecule has 1 aromatic carbocycles. The van der Waals surface area contributed by atoms with Gasteiger partial charge in [-0.3, -0.25) is 18.9 Å². The highest BCUT2D eigenvalue weighted by Gasteiger charge is 2.28. The molecule has 0 saturated carbocycles. The largest absolute Gasteiger partial charge is 0.405 e. The molecular formula is C25H21F3N6O2. The third-order valence-electron chi connectivity index (χ3n) is 5.94. The molecule has 0 spiro atoms. The van der Waals surface area contributed by atoms with Crippen LogP contribution in [0, 0.1) is 13.8 Å². The Labute approximate surface area is 202 Å². The topological polar surface area (TPSA) is 86.2 Å².